The van der Waals surface area contributed by atoms with Gasteiger partial charge in [0.1, 0.15) is 12.4 Å². The molecule has 1 rings (SSSR count). The number of hydrogen-bond donors (Lipinski definition) is 1. The SMILES string of the molecule is CC(C)=CCOc1ccc(Cl)cc1[C@@H](C)O. The molecule has 0 amide bonds. The molecule has 0 aliphatic heterocycles. The van der Waals surface area contributed by atoms with Crippen molar-refractivity contribution in [1.29, 1.82) is 0 Å². The van der Waals surface area contributed by atoms with E-state index < -0.39 is 6.10 Å². The highest BCUT2D eigenvalue weighted by Gasteiger charge is 2.09. The van der Waals surface area contributed by atoms with E-state index in [0.717, 1.165) is 5.56 Å². The molecule has 0 saturated carbocycles. The maximum Gasteiger partial charge on any atom is 0.125 e. The predicted molar refractivity (Wildman–Crippen MR) is 67.0 cm³/mol. The number of ether oxygens (including phenoxy) is 1. The van der Waals surface area contributed by atoms with Crippen LogP contribution in [0.2, 0.25) is 5.02 Å². The smallest absolute Gasteiger partial charge is 0.125 e. The fourth-order valence-electron chi connectivity index (χ4n) is 1.28. The molecular formula is C13H17ClO2. The van der Waals surface area contributed by atoms with Crippen molar-refractivity contribution in [3.05, 3.63) is 40.4 Å². The van der Waals surface area contributed by atoms with Crippen molar-refractivity contribution < 1.29 is 9.84 Å². The van der Waals surface area contributed by atoms with E-state index in [-0.39, 0.29) is 0 Å². The van der Waals surface area contributed by atoms with Crippen LogP contribution in [0, 0.1) is 0 Å². The number of benzene rings is 1. The van der Waals surface area contributed by atoms with Crippen molar-refractivity contribution in [2.75, 3.05) is 6.61 Å². The lowest BCUT2D eigenvalue weighted by molar-refractivity contribution is 0.193. The van der Waals surface area contributed by atoms with Gasteiger partial charge in [-0.3, -0.25) is 0 Å². The van der Waals surface area contributed by atoms with Gasteiger partial charge in [-0.25, -0.2) is 0 Å². The van der Waals surface area contributed by atoms with E-state index in [4.69, 9.17) is 16.3 Å². The van der Waals surface area contributed by atoms with E-state index in [1.54, 1.807) is 25.1 Å². The minimum atomic E-state index is -0.583. The lowest BCUT2D eigenvalue weighted by Crippen LogP contribution is -2.00. The Bertz CT molecular complexity index is 380. The first-order valence-corrected chi connectivity index (χ1v) is 5.62. The van der Waals surface area contributed by atoms with Crippen molar-refractivity contribution in [2.45, 2.75) is 26.9 Å². The molecule has 2 nitrogen and oxygen atoms in total. The van der Waals surface area contributed by atoms with Gasteiger partial charge >= 0.3 is 0 Å². The molecule has 0 aliphatic carbocycles. The molecule has 0 unspecified atom stereocenters. The molecule has 88 valence electrons. The molecule has 1 atom stereocenters. The molecule has 0 aromatic heterocycles. The first-order chi connectivity index (χ1) is 7.50. The van der Waals surface area contributed by atoms with Crippen molar-refractivity contribution in [3.8, 4) is 5.75 Å². The molecule has 0 heterocycles. The molecule has 1 aromatic carbocycles. The number of aliphatic hydroxyl groups excluding tert-OH is 1. The Labute approximate surface area is 102 Å². The van der Waals surface area contributed by atoms with Gasteiger partial charge in [0.25, 0.3) is 0 Å². The van der Waals surface area contributed by atoms with Crippen LogP contribution in [0.4, 0.5) is 0 Å². The summed E-state index contributed by atoms with van der Waals surface area (Å²) in [6.07, 6.45) is 1.40. The Balaban J connectivity index is 2.82. The molecule has 0 saturated heterocycles. The second kappa shape index (κ2) is 5.92. The Morgan fingerprint density at radius 2 is 2.19 bits per heavy atom. The van der Waals surface area contributed by atoms with Crippen LogP contribution in [-0.4, -0.2) is 11.7 Å². The number of aliphatic hydroxyl groups is 1. The van der Waals surface area contributed by atoms with Gasteiger partial charge in [0.05, 0.1) is 6.10 Å². The van der Waals surface area contributed by atoms with Crippen molar-refractivity contribution in [3.63, 3.8) is 0 Å². The van der Waals surface area contributed by atoms with Crippen LogP contribution < -0.4 is 4.74 Å². The third-order valence-corrected chi connectivity index (χ3v) is 2.39. The van der Waals surface area contributed by atoms with E-state index in [2.05, 4.69) is 0 Å². The van der Waals surface area contributed by atoms with Gasteiger partial charge in [0, 0.05) is 10.6 Å². The summed E-state index contributed by atoms with van der Waals surface area (Å²) in [4.78, 5) is 0. The van der Waals surface area contributed by atoms with Crippen LogP contribution in [0.3, 0.4) is 0 Å². The summed E-state index contributed by atoms with van der Waals surface area (Å²) in [6.45, 7) is 6.23. The van der Waals surface area contributed by atoms with E-state index in [1.807, 2.05) is 19.9 Å². The average molecular weight is 241 g/mol. The summed E-state index contributed by atoms with van der Waals surface area (Å²) in [7, 11) is 0. The van der Waals surface area contributed by atoms with Gasteiger partial charge in [-0.15, -0.1) is 0 Å². The average Bonchev–Trinajstić information content (AvgIpc) is 2.19. The summed E-state index contributed by atoms with van der Waals surface area (Å²) in [5, 5.41) is 10.2. The Morgan fingerprint density at radius 3 is 2.75 bits per heavy atom. The fraction of sp³-hybridized carbons (Fsp3) is 0.385. The Hall–Kier alpha value is -0.990. The van der Waals surface area contributed by atoms with E-state index in [9.17, 15) is 5.11 Å². The van der Waals surface area contributed by atoms with Crippen LogP contribution in [0.1, 0.15) is 32.4 Å². The van der Waals surface area contributed by atoms with Gasteiger partial charge in [-0.05, 0) is 45.0 Å². The first kappa shape index (κ1) is 13.1. The monoisotopic (exact) mass is 240 g/mol. The lowest BCUT2D eigenvalue weighted by Gasteiger charge is -2.12. The Kier molecular flexibility index (Phi) is 4.84. The van der Waals surface area contributed by atoms with Gasteiger partial charge in [-0.2, -0.15) is 0 Å². The highest BCUT2D eigenvalue weighted by molar-refractivity contribution is 6.30. The standard InChI is InChI=1S/C13H17ClO2/c1-9(2)6-7-16-13-5-4-11(14)8-12(13)10(3)15/h4-6,8,10,15H,7H2,1-3H3/t10-/m1/s1. The topological polar surface area (TPSA) is 29.5 Å². The summed E-state index contributed by atoms with van der Waals surface area (Å²) in [6, 6.07) is 5.26. The van der Waals surface area contributed by atoms with Crippen molar-refractivity contribution in [1.82, 2.24) is 0 Å². The second-order valence-electron chi connectivity index (χ2n) is 3.95. The third-order valence-electron chi connectivity index (χ3n) is 2.15. The zero-order chi connectivity index (χ0) is 12.1. The van der Waals surface area contributed by atoms with Crippen LogP contribution in [0.15, 0.2) is 29.8 Å². The molecule has 0 bridgehead atoms. The first-order valence-electron chi connectivity index (χ1n) is 5.24. The van der Waals surface area contributed by atoms with E-state index >= 15 is 0 Å². The van der Waals surface area contributed by atoms with Crippen LogP contribution in [0.5, 0.6) is 5.75 Å². The zero-order valence-electron chi connectivity index (χ0n) is 9.83. The minimum absolute atomic E-state index is 0.504. The minimum Gasteiger partial charge on any atom is -0.489 e. The third kappa shape index (κ3) is 3.87. The van der Waals surface area contributed by atoms with Gasteiger partial charge in [-0.1, -0.05) is 17.2 Å². The molecule has 0 radical (unpaired) electrons. The maximum atomic E-state index is 9.58. The highest BCUT2D eigenvalue weighted by atomic mass is 35.5. The predicted octanol–water partition coefficient (Wildman–Crippen LogP) is 3.74. The number of rotatable bonds is 4. The highest BCUT2D eigenvalue weighted by Crippen LogP contribution is 2.28. The quantitative estimate of drug-likeness (QED) is 0.813. The van der Waals surface area contributed by atoms with Crippen molar-refractivity contribution >= 4 is 11.6 Å². The molecule has 3 heteroatoms. The van der Waals surface area contributed by atoms with E-state index in [0.29, 0.717) is 17.4 Å². The number of halogens is 1. The normalized spacial score (nSPS) is 12.1. The summed E-state index contributed by atoms with van der Waals surface area (Å²) < 4.78 is 5.57. The maximum absolute atomic E-state index is 9.58. The van der Waals surface area contributed by atoms with Gasteiger partial charge in [0.15, 0.2) is 0 Å². The molecular weight excluding hydrogens is 224 g/mol. The summed E-state index contributed by atoms with van der Waals surface area (Å²) >= 11 is 5.87. The van der Waals surface area contributed by atoms with Crippen LogP contribution >= 0.6 is 11.6 Å². The molecule has 16 heavy (non-hydrogen) atoms. The van der Waals surface area contributed by atoms with E-state index in [1.165, 1.54) is 5.57 Å². The molecule has 1 N–H and O–H groups in total. The summed E-state index contributed by atoms with van der Waals surface area (Å²) in [5.74, 6) is 0.678. The molecule has 1 aromatic rings. The summed E-state index contributed by atoms with van der Waals surface area (Å²) in [5.41, 5.74) is 1.92. The van der Waals surface area contributed by atoms with Crippen LogP contribution in [-0.2, 0) is 0 Å². The second-order valence-corrected chi connectivity index (χ2v) is 4.39. The van der Waals surface area contributed by atoms with Crippen LogP contribution in [0.25, 0.3) is 0 Å². The lowest BCUT2D eigenvalue weighted by atomic mass is 10.1. The fourth-order valence-corrected chi connectivity index (χ4v) is 1.46. The number of hydrogen-bond acceptors (Lipinski definition) is 2. The Morgan fingerprint density at radius 1 is 1.50 bits per heavy atom. The molecule has 0 spiro atoms. The zero-order valence-corrected chi connectivity index (χ0v) is 10.6. The molecule has 0 aliphatic rings. The largest absolute Gasteiger partial charge is 0.489 e. The van der Waals surface area contributed by atoms with Gasteiger partial charge < -0.3 is 9.84 Å². The van der Waals surface area contributed by atoms with Gasteiger partial charge in [0.2, 0.25) is 0 Å². The number of allylic oxidation sites excluding steroid dienone is 1. The molecule has 0 fully saturated rings. The van der Waals surface area contributed by atoms with Crippen molar-refractivity contribution in [2.24, 2.45) is 0 Å².